The van der Waals surface area contributed by atoms with Crippen molar-refractivity contribution in [3.63, 3.8) is 0 Å². The van der Waals surface area contributed by atoms with Crippen molar-refractivity contribution in [1.29, 1.82) is 0 Å². The monoisotopic (exact) mass is 686 g/mol. The summed E-state index contributed by atoms with van der Waals surface area (Å²) in [6.45, 7) is 0. The van der Waals surface area contributed by atoms with E-state index in [2.05, 4.69) is 146 Å². The van der Waals surface area contributed by atoms with Crippen molar-refractivity contribution in [3.05, 3.63) is 182 Å². The third-order valence-corrected chi connectivity index (χ3v) is 10.7. The zero-order valence-corrected chi connectivity index (χ0v) is 29.1. The summed E-state index contributed by atoms with van der Waals surface area (Å²) in [7, 11) is 0. The number of benzene rings is 9. The molecule has 0 bridgehead atoms. The number of hydrogen-bond acceptors (Lipinski definition) is 4. The summed E-state index contributed by atoms with van der Waals surface area (Å²) >= 11 is 0. The van der Waals surface area contributed by atoms with E-state index in [1.54, 1.807) is 0 Å². The molecule has 9 aromatic carbocycles. The van der Waals surface area contributed by atoms with Crippen molar-refractivity contribution in [2.45, 2.75) is 0 Å². The predicted octanol–water partition coefficient (Wildman–Crippen LogP) is 12.9. The number of fused-ring (bicyclic) bond motifs is 10. The van der Waals surface area contributed by atoms with E-state index in [9.17, 15) is 0 Å². The lowest BCUT2D eigenvalue weighted by Crippen LogP contribution is -2.00. The quantitative estimate of drug-likeness (QED) is 0.173. The first kappa shape index (κ1) is 30.3. The van der Waals surface area contributed by atoms with Crippen LogP contribution in [0.25, 0.3) is 110 Å². The summed E-state index contributed by atoms with van der Waals surface area (Å²) in [5.74, 6) is 1.84. The molecule has 4 nitrogen and oxygen atoms in total. The highest BCUT2D eigenvalue weighted by molar-refractivity contribution is 6.25. The molecule has 11 rings (SSSR count). The van der Waals surface area contributed by atoms with Gasteiger partial charge in [0.1, 0.15) is 0 Å². The van der Waals surface area contributed by atoms with Crippen LogP contribution in [0.2, 0.25) is 0 Å². The van der Waals surface area contributed by atoms with Crippen LogP contribution in [0.15, 0.2) is 182 Å². The van der Waals surface area contributed by atoms with Crippen molar-refractivity contribution in [2.75, 3.05) is 0 Å². The highest BCUT2D eigenvalue weighted by Crippen LogP contribution is 2.38. The Hall–Kier alpha value is -7.30. The standard InChI is InChI=1S/C50H30N4/c1-2-11-32(12-3-1)48-52-49(54-50(53-48)39-28-37-22-18-31-10-4-5-13-40(31)47(37)51-30-39)38-23-21-33-26-34(19-20-35(33)27-38)36-24-25-45-43-16-7-6-14-41(43)42-15-8-9-17-44(42)46(45)29-36/h1-30H. The van der Waals surface area contributed by atoms with E-state index < -0.39 is 0 Å². The third kappa shape index (κ3) is 5.00. The van der Waals surface area contributed by atoms with Crippen LogP contribution in [0.3, 0.4) is 0 Å². The Morgan fingerprint density at radius 1 is 0.259 bits per heavy atom. The molecule has 11 aromatic rings. The summed E-state index contributed by atoms with van der Waals surface area (Å²) < 4.78 is 0. The zero-order chi connectivity index (χ0) is 35.6. The Bertz CT molecular complexity index is 3240. The van der Waals surface area contributed by atoms with Gasteiger partial charge in [0.25, 0.3) is 0 Å². The van der Waals surface area contributed by atoms with E-state index in [4.69, 9.17) is 19.9 Å². The van der Waals surface area contributed by atoms with E-state index in [1.807, 2.05) is 36.5 Å². The summed E-state index contributed by atoms with van der Waals surface area (Å²) in [5, 5.41) is 13.3. The van der Waals surface area contributed by atoms with Gasteiger partial charge in [0.15, 0.2) is 17.5 Å². The average Bonchev–Trinajstić information content (AvgIpc) is 3.26. The van der Waals surface area contributed by atoms with Crippen LogP contribution in [-0.4, -0.2) is 19.9 Å². The molecule has 0 amide bonds. The molecule has 2 aromatic heterocycles. The maximum absolute atomic E-state index is 5.05. The fourth-order valence-corrected chi connectivity index (χ4v) is 8.00. The second-order valence-corrected chi connectivity index (χ2v) is 13.9. The van der Waals surface area contributed by atoms with Gasteiger partial charge in [-0.2, -0.15) is 0 Å². The molecule has 2 heterocycles. The minimum atomic E-state index is 0.591. The number of hydrogen-bond donors (Lipinski definition) is 0. The Balaban J connectivity index is 1.01. The van der Waals surface area contributed by atoms with Crippen molar-refractivity contribution in [1.82, 2.24) is 19.9 Å². The van der Waals surface area contributed by atoms with Gasteiger partial charge in [0.05, 0.1) is 5.52 Å². The average molecular weight is 687 g/mol. The zero-order valence-electron chi connectivity index (χ0n) is 29.1. The Labute approximate surface area is 311 Å². The fourth-order valence-electron chi connectivity index (χ4n) is 8.00. The lowest BCUT2D eigenvalue weighted by molar-refractivity contribution is 1.07. The molecule has 0 aliphatic carbocycles. The predicted molar refractivity (Wildman–Crippen MR) is 224 cm³/mol. The van der Waals surface area contributed by atoms with Crippen molar-refractivity contribution >= 4 is 64.8 Å². The minimum Gasteiger partial charge on any atom is -0.255 e. The Morgan fingerprint density at radius 2 is 0.722 bits per heavy atom. The normalized spacial score (nSPS) is 11.7. The Morgan fingerprint density at radius 3 is 1.44 bits per heavy atom. The first-order chi connectivity index (χ1) is 26.7. The van der Waals surface area contributed by atoms with Crippen LogP contribution in [0, 0.1) is 0 Å². The summed E-state index contributed by atoms with van der Waals surface area (Å²) in [6.07, 6.45) is 1.88. The second kappa shape index (κ2) is 12.1. The molecule has 54 heavy (non-hydrogen) atoms. The van der Waals surface area contributed by atoms with Gasteiger partial charge < -0.3 is 0 Å². The molecule has 0 atom stereocenters. The molecular formula is C50H30N4. The highest BCUT2D eigenvalue weighted by Gasteiger charge is 2.15. The molecule has 4 heteroatoms. The number of pyridine rings is 1. The van der Waals surface area contributed by atoms with E-state index in [-0.39, 0.29) is 0 Å². The van der Waals surface area contributed by atoms with Crippen molar-refractivity contribution < 1.29 is 0 Å². The van der Waals surface area contributed by atoms with Gasteiger partial charge in [-0.15, -0.1) is 0 Å². The van der Waals surface area contributed by atoms with Gasteiger partial charge in [-0.25, -0.2) is 15.0 Å². The largest absolute Gasteiger partial charge is 0.255 e. The summed E-state index contributed by atoms with van der Waals surface area (Å²) in [4.78, 5) is 19.9. The third-order valence-electron chi connectivity index (χ3n) is 10.7. The van der Waals surface area contributed by atoms with E-state index in [0.29, 0.717) is 17.5 Å². The summed E-state index contributed by atoms with van der Waals surface area (Å²) in [6, 6.07) is 62.3. The first-order valence-electron chi connectivity index (χ1n) is 18.2. The minimum absolute atomic E-state index is 0.591. The first-order valence-corrected chi connectivity index (χ1v) is 18.2. The molecular weight excluding hydrogens is 657 g/mol. The van der Waals surface area contributed by atoms with E-state index in [0.717, 1.165) is 43.8 Å². The molecule has 0 N–H and O–H groups in total. The lowest BCUT2D eigenvalue weighted by Gasteiger charge is -2.12. The molecule has 0 aliphatic heterocycles. The Kier molecular flexibility index (Phi) is 6.82. The number of aromatic nitrogens is 4. The molecule has 0 fully saturated rings. The smallest absolute Gasteiger partial charge is 0.165 e. The molecule has 250 valence electrons. The van der Waals surface area contributed by atoms with Crippen molar-refractivity contribution in [3.8, 4) is 45.3 Å². The molecule has 0 aliphatic rings. The van der Waals surface area contributed by atoms with Crippen LogP contribution < -0.4 is 0 Å². The van der Waals surface area contributed by atoms with Crippen LogP contribution in [0.1, 0.15) is 0 Å². The van der Waals surface area contributed by atoms with Gasteiger partial charge in [0, 0.05) is 33.7 Å². The summed E-state index contributed by atoms with van der Waals surface area (Å²) in [5.41, 5.74) is 6.05. The van der Waals surface area contributed by atoms with Crippen LogP contribution in [-0.2, 0) is 0 Å². The SMILES string of the molecule is c1ccc(-c2nc(-c3ccc4cc(-c5ccc6c7ccccc7c7ccccc7c6c5)ccc4c3)nc(-c3cnc4c(ccc5ccccc54)c3)n2)cc1. The molecule has 0 saturated carbocycles. The van der Waals surface area contributed by atoms with Gasteiger partial charge >= 0.3 is 0 Å². The molecule has 0 unspecified atom stereocenters. The second-order valence-electron chi connectivity index (χ2n) is 13.9. The molecule has 0 radical (unpaired) electrons. The topological polar surface area (TPSA) is 51.6 Å². The highest BCUT2D eigenvalue weighted by atomic mass is 15.0. The maximum atomic E-state index is 5.05. The molecule has 0 spiro atoms. The van der Waals surface area contributed by atoms with Crippen LogP contribution >= 0.6 is 0 Å². The van der Waals surface area contributed by atoms with Gasteiger partial charge in [-0.05, 0) is 83.9 Å². The fraction of sp³-hybridized carbons (Fsp3) is 0. The van der Waals surface area contributed by atoms with Crippen molar-refractivity contribution in [2.24, 2.45) is 0 Å². The van der Waals surface area contributed by atoms with Gasteiger partial charge in [-0.1, -0.05) is 152 Å². The lowest BCUT2D eigenvalue weighted by atomic mass is 9.91. The van der Waals surface area contributed by atoms with Crippen LogP contribution in [0.4, 0.5) is 0 Å². The molecule has 0 saturated heterocycles. The van der Waals surface area contributed by atoms with Gasteiger partial charge in [-0.3, -0.25) is 4.98 Å². The number of rotatable bonds is 4. The van der Waals surface area contributed by atoms with E-state index in [1.165, 1.54) is 48.8 Å². The van der Waals surface area contributed by atoms with Gasteiger partial charge in [0.2, 0.25) is 0 Å². The van der Waals surface area contributed by atoms with Crippen LogP contribution in [0.5, 0.6) is 0 Å². The maximum Gasteiger partial charge on any atom is 0.165 e. The van der Waals surface area contributed by atoms with E-state index >= 15 is 0 Å². The number of nitrogens with zero attached hydrogens (tertiary/aromatic N) is 4.